The van der Waals surface area contributed by atoms with Crippen LogP contribution < -0.4 is 15.0 Å². The number of benzene rings is 2. The maximum absolute atomic E-state index is 13.3. The topological polar surface area (TPSA) is 129 Å². The van der Waals surface area contributed by atoms with Crippen molar-refractivity contribution in [3.63, 3.8) is 0 Å². The van der Waals surface area contributed by atoms with Crippen LogP contribution in [0.5, 0.6) is 5.75 Å². The molecule has 0 saturated carbocycles. The molecule has 5 rings (SSSR count). The molecule has 0 atom stereocenters. The van der Waals surface area contributed by atoms with Crippen molar-refractivity contribution in [2.24, 2.45) is 4.99 Å². The maximum Gasteiger partial charge on any atom is 0.573 e. The van der Waals surface area contributed by atoms with E-state index in [9.17, 15) is 36.0 Å². The number of likely N-dealkylation sites (N-methyl/N-ethyl adjacent to an activating group) is 1. The molecule has 45 heavy (non-hydrogen) atoms. The smallest absolute Gasteiger partial charge is 0.406 e. The molecule has 1 spiro atoms. The monoisotopic (exact) mass is 647 g/mol. The first-order valence-electron chi connectivity index (χ1n) is 14.0. The Labute approximate surface area is 258 Å². The van der Waals surface area contributed by atoms with Gasteiger partial charge in [-0.25, -0.2) is 18.1 Å². The van der Waals surface area contributed by atoms with Crippen molar-refractivity contribution in [1.82, 2.24) is 14.5 Å². The molecule has 2 saturated heterocycles. The van der Waals surface area contributed by atoms with Crippen LogP contribution in [0, 0.1) is 13.8 Å². The molecule has 15 heteroatoms. The fourth-order valence-electron chi connectivity index (χ4n) is 5.65. The number of amidine groups is 1. The second kappa shape index (κ2) is 11.0. The third-order valence-corrected chi connectivity index (χ3v) is 10.1. The second-order valence-electron chi connectivity index (χ2n) is 11.8. The number of nitrogens with one attached hydrogen (secondary N) is 1. The van der Waals surface area contributed by atoms with Crippen molar-refractivity contribution in [3.05, 3.63) is 64.1 Å². The van der Waals surface area contributed by atoms with Gasteiger partial charge in [0.15, 0.2) is 0 Å². The number of imide groups is 1. The summed E-state index contributed by atoms with van der Waals surface area (Å²) < 4.78 is 69.7. The maximum atomic E-state index is 13.3. The Bertz CT molecular complexity index is 1740. The van der Waals surface area contributed by atoms with Gasteiger partial charge in [0.2, 0.25) is 10.0 Å². The van der Waals surface area contributed by atoms with Gasteiger partial charge in [-0.1, -0.05) is 12.1 Å². The lowest BCUT2D eigenvalue weighted by Gasteiger charge is -2.34. The van der Waals surface area contributed by atoms with Crippen molar-refractivity contribution in [2.75, 3.05) is 25.0 Å². The van der Waals surface area contributed by atoms with E-state index in [2.05, 4.69) is 15.0 Å². The number of anilines is 1. The average molecular weight is 648 g/mol. The van der Waals surface area contributed by atoms with Crippen LogP contribution in [-0.4, -0.2) is 78.9 Å². The molecule has 0 bridgehead atoms. The molecule has 2 fully saturated rings. The minimum absolute atomic E-state index is 0.00646. The summed E-state index contributed by atoms with van der Waals surface area (Å²) in [6, 6.07) is 7.96. The number of carbonyl (C=O) groups excluding carboxylic acids is 3. The van der Waals surface area contributed by atoms with Crippen molar-refractivity contribution in [1.29, 1.82) is 0 Å². The zero-order chi connectivity index (χ0) is 33.1. The molecule has 1 N–H and O–H groups in total. The van der Waals surface area contributed by atoms with Gasteiger partial charge < -0.3 is 15.0 Å². The SMILES string of the molecule is Cc1cc(N2C(=O)N(C)C(C)(C)C2=O)cc(C)c1/C=C/S(=O)(=O)N1CCC2(CC1)N=C(c1cccc(OC(F)(F)F)c1)NC2=O. The van der Waals surface area contributed by atoms with Gasteiger partial charge in [0, 0.05) is 31.1 Å². The lowest BCUT2D eigenvalue weighted by atomic mass is 9.89. The van der Waals surface area contributed by atoms with Crippen LogP contribution in [0.1, 0.15) is 48.9 Å². The number of amides is 4. The number of hydrogen-bond donors (Lipinski definition) is 1. The van der Waals surface area contributed by atoms with Crippen molar-refractivity contribution in [3.8, 4) is 5.75 Å². The van der Waals surface area contributed by atoms with Gasteiger partial charge in [0.05, 0.1) is 5.69 Å². The molecule has 0 unspecified atom stereocenters. The van der Waals surface area contributed by atoms with Crippen LogP contribution >= 0.6 is 0 Å². The predicted octanol–water partition coefficient (Wildman–Crippen LogP) is 4.09. The third-order valence-electron chi connectivity index (χ3n) is 8.52. The molecule has 0 aromatic heterocycles. The van der Waals surface area contributed by atoms with Crippen LogP contribution in [0.25, 0.3) is 6.08 Å². The van der Waals surface area contributed by atoms with Gasteiger partial charge in [0.25, 0.3) is 11.8 Å². The Balaban J connectivity index is 1.29. The minimum Gasteiger partial charge on any atom is -0.406 e. The number of hydrogen-bond acceptors (Lipinski definition) is 7. The molecule has 2 aromatic rings. The van der Waals surface area contributed by atoms with E-state index in [0.29, 0.717) is 22.4 Å². The van der Waals surface area contributed by atoms with Crippen LogP contribution in [-0.2, 0) is 19.6 Å². The van der Waals surface area contributed by atoms with E-state index >= 15 is 0 Å². The van der Waals surface area contributed by atoms with Gasteiger partial charge in [-0.2, -0.15) is 4.31 Å². The minimum atomic E-state index is -4.88. The number of rotatable bonds is 6. The standard InChI is InChI=1S/C30H32F3N5O6S/c1-18-15-21(38-26(40)28(3,4)36(5)27(38)41)16-19(2)23(18)9-14-45(42,43)37-12-10-29(11-13-37)25(39)34-24(35-29)20-7-6-8-22(17-20)44-30(31,32)33/h6-9,14-17H,10-13H2,1-5H3,(H,34,35,39)/b14-9+. The molecule has 0 radical (unpaired) electrons. The van der Waals surface area contributed by atoms with Gasteiger partial charge in [-0.15, -0.1) is 13.2 Å². The summed E-state index contributed by atoms with van der Waals surface area (Å²) in [6.07, 6.45) is -3.27. The van der Waals surface area contributed by atoms with Gasteiger partial charge in [-0.3, -0.25) is 14.6 Å². The van der Waals surface area contributed by atoms with Gasteiger partial charge in [-0.05, 0) is 87.6 Å². The number of carbonyl (C=O) groups is 3. The molecule has 11 nitrogen and oxygen atoms in total. The number of sulfonamides is 1. The number of piperidine rings is 1. The summed E-state index contributed by atoms with van der Waals surface area (Å²) in [5.74, 6) is -1.19. The fraction of sp³-hybridized carbons (Fsp3) is 0.400. The van der Waals surface area contributed by atoms with Crippen molar-refractivity contribution < 1.29 is 40.7 Å². The number of urea groups is 1. The highest BCUT2D eigenvalue weighted by atomic mass is 32.2. The first kappa shape index (κ1) is 32.2. The van der Waals surface area contributed by atoms with E-state index in [-0.39, 0.29) is 43.2 Å². The zero-order valence-electron chi connectivity index (χ0n) is 25.2. The van der Waals surface area contributed by atoms with Crippen LogP contribution in [0.2, 0.25) is 0 Å². The molecule has 3 aliphatic heterocycles. The van der Waals surface area contributed by atoms with E-state index in [1.165, 1.54) is 27.4 Å². The largest absolute Gasteiger partial charge is 0.573 e. The quantitative estimate of drug-likeness (QED) is 0.471. The molecule has 3 aliphatic rings. The Hall–Kier alpha value is -4.24. The Morgan fingerprint density at radius 1 is 1.02 bits per heavy atom. The van der Waals surface area contributed by atoms with Gasteiger partial charge in [0.1, 0.15) is 22.7 Å². The van der Waals surface area contributed by atoms with E-state index in [0.717, 1.165) is 22.4 Å². The van der Waals surface area contributed by atoms with Gasteiger partial charge >= 0.3 is 12.4 Å². The predicted molar refractivity (Wildman–Crippen MR) is 160 cm³/mol. The number of aryl methyl sites for hydroxylation is 2. The first-order chi connectivity index (χ1) is 20.8. The van der Waals surface area contributed by atoms with E-state index in [4.69, 9.17) is 0 Å². The summed E-state index contributed by atoms with van der Waals surface area (Å²) >= 11 is 0. The summed E-state index contributed by atoms with van der Waals surface area (Å²) in [6.45, 7) is 6.83. The Kier molecular flexibility index (Phi) is 7.85. The summed E-state index contributed by atoms with van der Waals surface area (Å²) in [5.41, 5.74) is 0.318. The number of nitrogens with zero attached hydrogens (tertiary/aromatic N) is 4. The number of ether oxygens (including phenoxy) is 1. The zero-order valence-corrected chi connectivity index (χ0v) is 26.0. The highest BCUT2D eigenvalue weighted by Gasteiger charge is 2.50. The summed E-state index contributed by atoms with van der Waals surface area (Å²) in [5, 5.41) is 3.70. The average Bonchev–Trinajstić information content (AvgIpc) is 3.33. The molecule has 4 amide bonds. The highest BCUT2D eigenvalue weighted by Crippen LogP contribution is 2.35. The fourth-order valence-corrected chi connectivity index (χ4v) is 6.82. The third kappa shape index (κ3) is 5.93. The normalized spacial score (nSPS) is 20.4. The lowest BCUT2D eigenvalue weighted by molar-refractivity contribution is -0.274. The number of alkyl halides is 3. The Morgan fingerprint density at radius 3 is 2.20 bits per heavy atom. The van der Waals surface area contributed by atoms with Crippen molar-refractivity contribution >= 4 is 45.5 Å². The van der Waals surface area contributed by atoms with E-state index in [1.54, 1.807) is 46.9 Å². The molecular formula is C30H32F3N5O6S. The lowest BCUT2D eigenvalue weighted by Crippen LogP contribution is -2.50. The molecular weight excluding hydrogens is 615 g/mol. The Morgan fingerprint density at radius 2 is 1.64 bits per heavy atom. The van der Waals surface area contributed by atoms with E-state index in [1.807, 2.05) is 0 Å². The molecule has 0 aliphatic carbocycles. The van der Waals surface area contributed by atoms with E-state index < -0.39 is 45.2 Å². The van der Waals surface area contributed by atoms with Crippen LogP contribution in [0.4, 0.5) is 23.7 Å². The van der Waals surface area contributed by atoms with Crippen LogP contribution in [0.3, 0.4) is 0 Å². The highest BCUT2D eigenvalue weighted by molar-refractivity contribution is 7.92. The molecule has 3 heterocycles. The van der Waals surface area contributed by atoms with Crippen molar-refractivity contribution in [2.45, 2.75) is 58.0 Å². The summed E-state index contributed by atoms with van der Waals surface area (Å²) in [7, 11) is -2.35. The number of halogens is 3. The summed E-state index contributed by atoms with van der Waals surface area (Å²) in [4.78, 5) is 45.7. The second-order valence-corrected chi connectivity index (χ2v) is 13.6. The van der Waals surface area contributed by atoms with Crippen LogP contribution in [0.15, 0.2) is 46.8 Å². The molecule has 240 valence electrons. The number of aliphatic imine (C=N–C) groups is 1. The first-order valence-corrected chi connectivity index (χ1v) is 15.5. The molecule has 2 aromatic carbocycles.